The van der Waals surface area contributed by atoms with Crippen molar-refractivity contribution in [1.82, 2.24) is 10.3 Å². The number of aromatic nitrogens is 1. The number of pyridine rings is 1. The first-order valence-electron chi connectivity index (χ1n) is 12.2. The number of nitrogens with one attached hydrogen (secondary N) is 1. The van der Waals surface area contributed by atoms with Gasteiger partial charge in [0.1, 0.15) is 0 Å². The van der Waals surface area contributed by atoms with Crippen LogP contribution in [0.1, 0.15) is 35.2 Å². The Bertz CT molecular complexity index is 1290. The predicted octanol–water partition coefficient (Wildman–Crippen LogP) is 3.49. The summed E-state index contributed by atoms with van der Waals surface area (Å²) in [6.07, 6.45) is 3.21. The van der Waals surface area contributed by atoms with Crippen molar-refractivity contribution in [2.45, 2.75) is 31.4 Å². The minimum Gasteiger partial charge on any atom is -0.399 e. The maximum atomic E-state index is 13.0. The molecule has 2 aromatic carbocycles. The molecule has 0 fully saturated rings. The Hall–Kier alpha value is -3.78. The van der Waals surface area contributed by atoms with Gasteiger partial charge in [0.25, 0.3) is 0 Å². The molecule has 1 unspecified atom stereocenters. The Balaban J connectivity index is 1.57. The van der Waals surface area contributed by atoms with E-state index >= 15 is 0 Å². The van der Waals surface area contributed by atoms with E-state index in [9.17, 15) is 18.0 Å². The molecule has 1 atom stereocenters. The lowest BCUT2D eigenvalue weighted by atomic mass is 10.0. The normalized spacial score (nSPS) is 12.0. The molecule has 0 spiro atoms. The number of amides is 1. The Kier molecular flexibility index (Phi) is 10.1. The summed E-state index contributed by atoms with van der Waals surface area (Å²) in [7, 11) is -3.56. The van der Waals surface area contributed by atoms with E-state index in [1.165, 1.54) is 0 Å². The van der Waals surface area contributed by atoms with Crippen LogP contribution in [0.2, 0.25) is 0 Å². The molecule has 8 heteroatoms. The molecule has 3 N–H and O–H groups in total. The molecule has 0 saturated carbocycles. The molecule has 0 saturated heterocycles. The Morgan fingerprint density at radius 2 is 1.62 bits per heavy atom. The molecule has 0 bridgehead atoms. The third kappa shape index (κ3) is 9.65. The van der Waals surface area contributed by atoms with E-state index in [-0.39, 0.29) is 30.3 Å². The van der Waals surface area contributed by atoms with Gasteiger partial charge >= 0.3 is 0 Å². The van der Waals surface area contributed by atoms with Gasteiger partial charge in [0, 0.05) is 24.0 Å². The summed E-state index contributed by atoms with van der Waals surface area (Å²) in [5.41, 5.74) is 9.42. The van der Waals surface area contributed by atoms with E-state index < -0.39 is 21.7 Å². The summed E-state index contributed by atoms with van der Waals surface area (Å²) >= 11 is 0. The van der Waals surface area contributed by atoms with E-state index in [4.69, 9.17) is 5.73 Å². The van der Waals surface area contributed by atoms with Gasteiger partial charge < -0.3 is 11.1 Å². The van der Waals surface area contributed by atoms with E-state index in [0.29, 0.717) is 30.5 Å². The van der Waals surface area contributed by atoms with Gasteiger partial charge in [-0.2, -0.15) is 0 Å². The van der Waals surface area contributed by atoms with Gasteiger partial charge in [-0.3, -0.25) is 14.6 Å². The molecular formula is C29H33N3O4S. The Morgan fingerprint density at radius 3 is 2.27 bits per heavy atom. The summed E-state index contributed by atoms with van der Waals surface area (Å²) in [5.74, 6) is -1.80. The topological polar surface area (TPSA) is 119 Å². The number of rotatable bonds is 14. The predicted molar refractivity (Wildman–Crippen MR) is 146 cm³/mol. The zero-order valence-electron chi connectivity index (χ0n) is 20.8. The van der Waals surface area contributed by atoms with Crippen molar-refractivity contribution in [3.8, 4) is 0 Å². The zero-order valence-corrected chi connectivity index (χ0v) is 21.6. The van der Waals surface area contributed by atoms with Crippen molar-refractivity contribution >= 4 is 27.2 Å². The Morgan fingerprint density at radius 1 is 0.919 bits per heavy atom. The van der Waals surface area contributed by atoms with Crippen LogP contribution in [0, 0.1) is 5.92 Å². The maximum absolute atomic E-state index is 13.0. The van der Waals surface area contributed by atoms with Crippen LogP contribution in [0.5, 0.6) is 0 Å². The first kappa shape index (κ1) is 27.8. The van der Waals surface area contributed by atoms with Crippen molar-refractivity contribution < 1.29 is 18.0 Å². The van der Waals surface area contributed by atoms with Gasteiger partial charge in [-0.05, 0) is 48.1 Å². The molecule has 0 aliphatic rings. The summed E-state index contributed by atoms with van der Waals surface area (Å²) in [4.78, 5) is 29.7. The number of hydrogen-bond acceptors (Lipinski definition) is 6. The van der Waals surface area contributed by atoms with Crippen LogP contribution >= 0.6 is 0 Å². The third-order valence-electron chi connectivity index (χ3n) is 6.01. The second-order valence-electron chi connectivity index (χ2n) is 9.08. The fourth-order valence-electron chi connectivity index (χ4n) is 3.94. The van der Waals surface area contributed by atoms with Crippen molar-refractivity contribution in [3.63, 3.8) is 0 Å². The van der Waals surface area contributed by atoms with E-state index in [1.807, 2.05) is 42.5 Å². The fraction of sp³-hybridized carbons (Fsp3) is 0.276. The largest absolute Gasteiger partial charge is 0.399 e. The molecule has 1 heterocycles. The van der Waals surface area contributed by atoms with E-state index in [0.717, 1.165) is 16.8 Å². The number of carbonyl (C=O) groups excluding carboxylic acids is 2. The standard InChI is InChI=1S/C29H33N3O4S/c1-22(30)25-13-10-23(11-14-25)12-17-28(33)19-32-29(34)26(15-16-27-9-5-6-18-31-27)21-37(35,36)20-24-7-3-2-4-8-24/h2-11,13-14,18,26H,1,12,15-17,19-21,30H2,(H,32,34). The number of ketones is 1. The zero-order chi connectivity index (χ0) is 26.7. The third-order valence-corrected chi connectivity index (χ3v) is 7.69. The van der Waals surface area contributed by atoms with Crippen LogP contribution in [0.15, 0.2) is 85.6 Å². The number of Topliss-reactive ketones (excluding diaryl/α,β-unsaturated/α-hetero) is 1. The molecule has 0 aliphatic carbocycles. The number of benzene rings is 2. The van der Waals surface area contributed by atoms with Crippen LogP contribution in [0.25, 0.3) is 5.70 Å². The number of carbonyl (C=O) groups is 2. The van der Waals surface area contributed by atoms with Crippen molar-refractivity contribution in [2.24, 2.45) is 11.7 Å². The fourth-order valence-corrected chi connectivity index (χ4v) is 5.69. The molecule has 37 heavy (non-hydrogen) atoms. The van der Waals surface area contributed by atoms with Crippen LogP contribution in [0.4, 0.5) is 0 Å². The lowest BCUT2D eigenvalue weighted by Gasteiger charge is -2.17. The highest BCUT2D eigenvalue weighted by molar-refractivity contribution is 7.90. The average Bonchev–Trinajstić information content (AvgIpc) is 2.89. The summed E-state index contributed by atoms with van der Waals surface area (Å²) in [5, 5.41) is 2.66. The van der Waals surface area contributed by atoms with Gasteiger partial charge in [0.2, 0.25) is 5.91 Å². The second-order valence-corrected chi connectivity index (χ2v) is 11.2. The smallest absolute Gasteiger partial charge is 0.224 e. The van der Waals surface area contributed by atoms with Gasteiger partial charge in [0.15, 0.2) is 15.6 Å². The Labute approximate surface area is 218 Å². The SMILES string of the molecule is C=C(N)c1ccc(CCC(=O)CNC(=O)C(CCc2ccccn2)CS(=O)(=O)Cc2ccccc2)cc1. The first-order valence-corrected chi connectivity index (χ1v) is 14.0. The molecule has 3 aromatic rings. The lowest BCUT2D eigenvalue weighted by Crippen LogP contribution is -2.38. The minimum atomic E-state index is -3.56. The van der Waals surface area contributed by atoms with Crippen LogP contribution in [-0.4, -0.2) is 37.4 Å². The monoisotopic (exact) mass is 519 g/mol. The molecule has 1 amide bonds. The maximum Gasteiger partial charge on any atom is 0.224 e. The minimum absolute atomic E-state index is 0.128. The number of nitrogens with two attached hydrogens (primary N) is 1. The quantitative estimate of drug-likeness (QED) is 0.337. The highest BCUT2D eigenvalue weighted by atomic mass is 32.2. The highest BCUT2D eigenvalue weighted by Gasteiger charge is 2.26. The van der Waals surface area contributed by atoms with Gasteiger partial charge in [-0.1, -0.05) is 67.2 Å². The van der Waals surface area contributed by atoms with Crippen molar-refractivity contribution in [2.75, 3.05) is 12.3 Å². The molecule has 0 aliphatic heterocycles. The van der Waals surface area contributed by atoms with E-state index in [1.54, 1.807) is 36.5 Å². The average molecular weight is 520 g/mol. The second kappa shape index (κ2) is 13.5. The first-order chi connectivity index (χ1) is 17.7. The summed E-state index contributed by atoms with van der Waals surface area (Å²) in [6.45, 7) is 3.56. The molecule has 194 valence electrons. The molecule has 1 aromatic heterocycles. The lowest BCUT2D eigenvalue weighted by molar-refractivity contribution is -0.127. The van der Waals surface area contributed by atoms with Gasteiger partial charge in [0.05, 0.1) is 24.0 Å². The summed E-state index contributed by atoms with van der Waals surface area (Å²) < 4.78 is 25.8. The highest BCUT2D eigenvalue weighted by Crippen LogP contribution is 2.16. The van der Waals surface area contributed by atoms with Crippen molar-refractivity contribution in [1.29, 1.82) is 0 Å². The van der Waals surface area contributed by atoms with Crippen LogP contribution in [-0.2, 0) is 38.0 Å². The number of sulfone groups is 1. The van der Waals surface area contributed by atoms with E-state index in [2.05, 4.69) is 16.9 Å². The molecule has 3 rings (SSSR count). The molecule has 0 radical (unpaired) electrons. The number of hydrogen-bond donors (Lipinski definition) is 2. The van der Waals surface area contributed by atoms with Gasteiger partial charge in [-0.15, -0.1) is 0 Å². The summed E-state index contributed by atoms with van der Waals surface area (Å²) in [6, 6.07) is 21.9. The van der Waals surface area contributed by atoms with Crippen molar-refractivity contribution in [3.05, 3.63) is 108 Å². The van der Waals surface area contributed by atoms with Crippen LogP contribution in [0.3, 0.4) is 0 Å². The molecule has 7 nitrogen and oxygen atoms in total. The van der Waals surface area contributed by atoms with Gasteiger partial charge in [-0.25, -0.2) is 8.42 Å². The van der Waals surface area contributed by atoms with Crippen LogP contribution < -0.4 is 11.1 Å². The number of nitrogens with zero attached hydrogens (tertiary/aromatic N) is 1. The molecular weight excluding hydrogens is 486 g/mol. The number of aryl methyl sites for hydroxylation is 2.